The van der Waals surface area contributed by atoms with Gasteiger partial charge in [-0.2, -0.15) is 16.1 Å². The van der Waals surface area contributed by atoms with Crippen molar-refractivity contribution >= 4 is 33.4 Å². The van der Waals surface area contributed by atoms with Crippen LogP contribution in [0.15, 0.2) is 0 Å². The van der Waals surface area contributed by atoms with Crippen molar-refractivity contribution in [1.29, 1.82) is 0 Å². The van der Waals surface area contributed by atoms with Gasteiger partial charge in [0.1, 0.15) is 0 Å². The Labute approximate surface area is 119 Å². The van der Waals surface area contributed by atoms with Crippen molar-refractivity contribution in [2.45, 2.75) is 19.4 Å². The highest BCUT2D eigenvalue weighted by Crippen LogP contribution is 2.25. The summed E-state index contributed by atoms with van der Waals surface area (Å²) in [5.74, 6) is 2.40. The predicted octanol–water partition coefficient (Wildman–Crippen LogP) is 1.65. The maximum Gasteiger partial charge on any atom is 0.214 e. The van der Waals surface area contributed by atoms with Crippen LogP contribution in [0.2, 0.25) is 0 Å². The van der Waals surface area contributed by atoms with Gasteiger partial charge in [0.2, 0.25) is 10.0 Å². The van der Waals surface area contributed by atoms with Crippen LogP contribution in [0, 0.1) is 5.92 Å². The van der Waals surface area contributed by atoms with Gasteiger partial charge in [-0.1, -0.05) is 6.92 Å². The smallest absolute Gasteiger partial charge is 0.214 e. The predicted molar refractivity (Wildman–Crippen MR) is 78.0 cm³/mol. The van der Waals surface area contributed by atoms with Crippen molar-refractivity contribution in [3.8, 4) is 0 Å². The molecule has 0 aromatic rings. The zero-order valence-electron chi connectivity index (χ0n) is 11.0. The number of hydrogen-bond acceptors (Lipinski definition) is 4. The molecule has 1 rings (SSSR count). The fourth-order valence-corrected chi connectivity index (χ4v) is 5.55. The maximum absolute atomic E-state index is 12.4. The zero-order chi connectivity index (χ0) is 13.6. The molecule has 2 unspecified atom stereocenters. The van der Waals surface area contributed by atoms with E-state index in [1.165, 1.54) is 0 Å². The molecule has 7 heteroatoms. The van der Waals surface area contributed by atoms with E-state index in [-0.39, 0.29) is 17.7 Å². The largest absolute Gasteiger partial charge is 0.383 e. The second kappa shape index (κ2) is 7.94. The third-order valence-electron chi connectivity index (χ3n) is 2.94. The van der Waals surface area contributed by atoms with Crippen LogP contribution in [0.4, 0.5) is 0 Å². The maximum atomic E-state index is 12.4. The summed E-state index contributed by atoms with van der Waals surface area (Å²) in [5.41, 5.74) is 0. The summed E-state index contributed by atoms with van der Waals surface area (Å²) in [5, 5.41) is 0. The normalized spacial score (nSPS) is 22.6. The van der Waals surface area contributed by atoms with Crippen molar-refractivity contribution in [2.24, 2.45) is 5.92 Å². The first-order valence-electron chi connectivity index (χ1n) is 6.13. The van der Waals surface area contributed by atoms with Crippen molar-refractivity contribution in [3.05, 3.63) is 0 Å². The van der Waals surface area contributed by atoms with Crippen molar-refractivity contribution in [2.75, 3.05) is 43.4 Å². The first kappa shape index (κ1) is 16.6. The van der Waals surface area contributed by atoms with Crippen LogP contribution >= 0.6 is 23.4 Å². The van der Waals surface area contributed by atoms with E-state index in [4.69, 9.17) is 16.3 Å². The highest BCUT2D eigenvalue weighted by Gasteiger charge is 2.32. The summed E-state index contributed by atoms with van der Waals surface area (Å²) in [6, 6.07) is 0.123. The fourth-order valence-electron chi connectivity index (χ4n) is 1.98. The number of rotatable bonds is 8. The van der Waals surface area contributed by atoms with Crippen LogP contribution < -0.4 is 0 Å². The van der Waals surface area contributed by atoms with Gasteiger partial charge in [0.05, 0.1) is 12.4 Å². The lowest BCUT2D eigenvalue weighted by molar-refractivity contribution is 0.169. The Morgan fingerprint density at radius 3 is 2.78 bits per heavy atom. The SMILES string of the molecule is COCCN(C1CCSC1)S(=O)(=O)CC(C)CCl. The summed E-state index contributed by atoms with van der Waals surface area (Å²) in [4.78, 5) is 0. The van der Waals surface area contributed by atoms with E-state index < -0.39 is 10.0 Å². The van der Waals surface area contributed by atoms with E-state index in [0.717, 1.165) is 17.9 Å². The molecule has 2 atom stereocenters. The van der Waals surface area contributed by atoms with Gasteiger partial charge in [0, 0.05) is 31.3 Å². The summed E-state index contributed by atoms with van der Waals surface area (Å²) in [6.07, 6.45) is 0.933. The molecule has 1 fully saturated rings. The minimum atomic E-state index is -3.23. The van der Waals surface area contributed by atoms with E-state index in [1.54, 1.807) is 11.4 Å². The van der Waals surface area contributed by atoms with Gasteiger partial charge in [-0.25, -0.2) is 8.42 Å². The van der Waals surface area contributed by atoms with Crippen LogP contribution in [0.1, 0.15) is 13.3 Å². The van der Waals surface area contributed by atoms with Gasteiger partial charge in [0.15, 0.2) is 0 Å². The molecule has 0 bridgehead atoms. The third-order valence-corrected chi connectivity index (χ3v) is 6.80. The van der Waals surface area contributed by atoms with Gasteiger partial charge in [-0.05, 0) is 18.1 Å². The van der Waals surface area contributed by atoms with Crippen LogP contribution in [-0.2, 0) is 14.8 Å². The summed E-state index contributed by atoms with van der Waals surface area (Å²) < 4.78 is 31.4. The summed E-state index contributed by atoms with van der Waals surface area (Å²) in [6.45, 7) is 2.75. The number of nitrogens with zero attached hydrogens (tertiary/aromatic N) is 1. The average Bonchev–Trinajstić information content (AvgIpc) is 2.82. The lowest BCUT2D eigenvalue weighted by Crippen LogP contribution is -2.44. The lowest BCUT2D eigenvalue weighted by Gasteiger charge is -2.28. The molecule has 108 valence electrons. The molecule has 0 aromatic carbocycles. The van der Waals surface area contributed by atoms with Crippen LogP contribution in [0.3, 0.4) is 0 Å². The Morgan fingerprint density at radius 1 is 1.56 bits per heavy atom. The third kappa shape index (κ3) is 4.89. The Kier molecular flexibility index (Phi) is 7.31. The van der Waals surface area contributed by atoms with E-state index >= 15 is 0 Å². The Bertz CT molecular complexity index is 331. The first-order chi connectivity index (χ1) is 8.51. The van der Waals surface area contributed by atoms with Gasteiger partial charge in [-0.15, -0.1) is 11.6 Å². The fraction of sp³-hybridized carbons (Fsp3) is 1.00. The van der Waals surface area contributed by atoms with Crippen molar-refractivity contribution in [3.63, 3.8) is 0 Å². The number of hydrogen-bond donors (Lipinski definition) is 0. The number of sulfonamides is 1. The quantitative estimate of drug-likeness (QED) is 0.639. The molecule has 0 N–H and O–H groups in total. The molecule has 4 nitrogen and oxygen atoms in total. The number of halogens is 1. The minimum Gasteiger partial charge on any atom is -0.383 e. The Morgan fingerprint density at radius 2 is 2.28 bits per heavy atom. The number of alkyl halides is 1. The Balaban J connectivity index is 2.73. The van der Waals surface area contributed by atoms with Gasteiger partial charge in [-0.3, -0.25) is 0 Å². The van der Waals surface area contributed by atoms with Crippen LogP contribution in [-0.4, -0.2) is 62.2 Å². The van der Waals surface area contributed by atoms with Gasteiger partial charge >= 0.3 is 0 Å². The van der Waals surface area contributed by atoms with E-state index in [9.17, 15) is 8.42 Å². The van der Waals surface area contributed by atoms with Crippen LogP contribution in [0.5, 0.6) is 0 Å². The molecule has 18 heavy (non-hydrogen) atoms. The molecular weight excluding hydrogens is 294 g/mol. The number of ether oxygens (including phenoxy) is 1. The summed E-state index contributed by atoms with van der Waals surface area (Å²) >= 11 is 7.53. The van der Waals surface area contributed by atoms with Crippen molar-refractivity contribution in [1.82, 2.24) is 4.31 Å². The molecule has 1 saturated heterocycles. The molecule has 1 heterocycles. The van der Waals surface area contributed by atoms with Gasteiger partial charge < -0.3 is 4.74 Å². The second-order valence-corrected chi connectivity index (χ2v) is 8.08. The standard InChI is InChI=1S/C11H22ClNO3S2/c1-10(7-12)9-18(14,15)13(4-5-16-2)11-3-6-17-8-11/h10-11H,3-9H2,1-2H3. The molecule has 0 spiro atoms. The van der Waals surface area contributed by atoms with E-state index in [0.29, 0.717) is 19.0 Å². The average molecular weight is 316 g/mol. The molecule has 1 aliphatic heterocycles. The molecule has 0 aliphatic carbocycles. The molecule has 0 aromatic heterocycles. The molecular formula is C11H22ClNO3S2. The van der Waals surface area contributed by atoms with E-state index in [2.05, 4.69) is 0 Å². The molecule has 0 radical (unpaired) electrons. The van der Waals surface area contributed by atoms with E-state index in [1.807, 2.05) is 18.7 Å². The summed E-state index contributed by atoms with van der Waals surface area (Å²) in [7, 11) is -1.64. The Hall–Kier alpha value is 0.510. The van der Waals surface area contributed by atoms with Gasteiger partial charge in [0.25, 0.3) is 0 Å². The molecule has 0 amide bonds. The first-order valence-corrected chi connectivity index (χ1v) is 9.43. The van der Waals surface area contributed by atoms with Crippen molar-refractivity contribution < 1.29 is 13.2 Å². The minimum absolute atomic E-state index is 0.0178. The topological polar surface area (TPSA) is 46.6 Å². The number of thioether (sulfide) groups is 1. The molecule has 1 aliphatic rings. The highest BCUT2D eigenvalue weighted by atomic mass is 35.5. The zero-order valence-corrected chi connectivity index (χ0v) is 13.4. The number of methoxy groups -OCH3 is 1. The highest BCUT2D eigenvalue weighted by molar-refractivity contribution is 7.99. The molecule has 0 saturated carbocycles. The van der Waals surface area contributed by atoms with Crippen LogP contribution in [0.25, 0.3) is 0 Å². The monoisotopic (exact) mass is 315 g/mol. The second-order valence-electron chi connectivity index (χ2n) is 4.66. The lowest BCUT2D eigenvalue weighted by atomic mass is 10.2.